The highest BCUT2D eigenvalue weighted by atomic mass is 15.4. The van der Waals surface area contributed by atoms with Gasteiger partial charge in [-0.3, -0.25) is 0 Å². The Morgan fingerprint density at radius 2 is 2.29 bits per heavy atom. The fourth-order valence-corrected chi connectivity index (χ4v) is 2.48. The summed E-state index contributed by atoms with van der Waals surface area (Å²) in [6.07, 6.45) is 10.9. The van der Waals surface area contributed by atoms with Crippen molar-refractivity contribution in [1.29, 1.82) is 0 Å². The van der Waals surface area contributed by atoms with E-state index in [9.17, 15) is 0 Å². The summed E-state index contributed by atoms with van der Waals surface area (Å²) in [7, 11) is 2.18. The van der Waals surface area contributed by atoms with E-state index in [0.717, 1.165) is 0 Å². The maximum absolute atomic E-state index is 2.54. The summed E-state index contributed by atoms with van der Waals surface area (Å²) >= 11 is 0. The lowest BCUT2D eigenvalue weighted by molar-refractivity contribution is 0.291. The van der Waals surface area contributed by atoms with Crippen molar-refractivity contribution in [2.75, 3.05) is 20.1 Å². The zero-order valence-corrected chi connectivity index (χ0v) is 9.24. The number of hydrogen-bond donors (Lipinski definition) is 0. The lowest BCUT2D eigenvalue weighted by Gasteiger charge is -2.30. The van der Waals surface area contributed by atoms with Crippen LogP contribution in [-0.2, 0) is 0 Å². The van der Waals surface area contributed by atoms with Gasteiger partial charge in [0.05, 0.1) is 5.82 Å². The number of likely N-dealkylation sites (N-methyl/N-ethyl adjacent to an activating group) is 1. The maximum Gasteiger partial charge on any atom is 0.0998 e. The molecule has 1 unspecified atom stereocenters. The second-order valence-electron chi connectivity index (χ2n) is 4.19. The molecule has 1 aliphatic heterocycles. The highest BCUT2D eigenvalue weighted by Crippen LogP contribution is 2.25. The SMILES string of the molecule is C/C=C1\N(C)CCN1C1C=CCCC1. The summed E-state index contributed by atoms with van der Waals surface area (Å²) in [5.41, 5.74) is 0. The minimum atomic E-state index is 0.653. The Hall–Kier alpha value is -0.920. The van der Waals surface area contributed by atoms with E-state index in [-0.39, 0.29) is 0 Å². The van der Waals surface area contributed by atoms with Gasteiger partial charge in [-0.05, 0) is 32.3 Å². The standard InChI is InChI=1S/C12H20N2/c1-3-12-13(2)9-10-14(12)11-7-5-4-6-8-11/h3,5,7,11H,4,6,8-10H2,1-2H3/b12-3+. The Morgan fingerprint density at radius 3 is 2.93 bits per heavy atom. The molecule has 0 aromatic rings. The molecule has 78 valence electrons. The molecule has 0 aromatic carbocycles. The van der Waals surface area contributed by atoms with Crippen LogP contribution in [0.5, 0.6) is 0 Å². The molecule has 1 saturated heterocycles. The predicted octanol–water partition coefficient (Wildman–Crippen LogP) is 2.20. The van der Waals surface area contributed by atoms with Crippen molar-refractivity contribution in [3.8, 4) is 0 Å². The molecular formula is C12H20N2. The number of hydrogen-bond acceptors (Lipinski definition) is 2. The molecule has 1 fully saturated rings. The van der Waals surface area contributed by atoms with Gasteiger partial charge < -0.3 is 9.80 Å². The third-order valence-corrected chi connectivity index (χ3v) is 3.25. The molecule has 0 radical (unpaired) electrons. The second kappa shape index (κ2) is 4.07. The first-order valence-corrected chi connectivity index (χ1v) is 5.63. The molecule has 14 heavy (non-hydrogen) atoms. The lowest BCUT2D eigenvalue weighted by Crippen LogP contribution is -2.32. The van der Waals surface area contributed by atoms with Crippen LogP contribution < -0.4 is 0 Å². The Labute approximate surface area is 86.9 Å². The van der Waals surface area contributed by atoms with Gasteiger partial charge in [-0.25, -0.2) is 0 Å². The van der Waals surface area contributed by atoms with Gasteiger partial charge in [0, 0.05) is 26.2 Å². The molecule has 0 amide bonds. The first-order valence-electron chi connectivity index (χ1n) is 5.63. The summed E-state index contributed by atoms with van der Waals surface area (Å²) in [6, 6.07) is 0.653. The smallest absolute Gasteiger partial charge is 0.0998 e. The molecule has 1 aliphatic carbocycles. The molecule has 2 nitrogen and oxygen atoms in total. The summed E-state index contributed by atoms with van der Waals surface area (Å²) in [5, 5.41) is 0. The Bertz CT molecular complexity index is 255. The minimum Gasteiger partial charge on any atom is -0.360 e. The van der Waals surface area contributed by atoms with Crippen molar-refractivity contribution in [2.45, 2.75) is 32.2 Å². The van der Waals surface area contributed by atoms with Gasteiger partial charge in [-0.1, -0.05) is 12.2 Å². The van der Waals surface area contributed by atoms with Crippen LogP contribution in [0.3, 0.4) is 0 Å². The molecule has 0 saturated carbocycles. The van der Waals surface area contributed by atoms with Gasteiger partial charge in [0.15, 0.2) is 0 Å². The van der Waals surface area contributed by atoms with Crippen LogP contribution in [0.1, 0.15) is 26.2 Å². The van der Waals surface area contributed by atoms with Crippen LogP contribution in [-0.4, -0.2) is 36.0 Å². The molecule has 0 N–H and O–H groups in total. The van der Waals surface area contributed by atoms with E-state index in [1.807, 2.05) is 0 Å². The third-order valence-electron chi connectivity index (χ3n) is 3.25. The van der Waals surface area contributed by atoms with E-state index in [0.29, 0.717) is 6.04 Å². The van der Waals surface area contributed by atoms with E-state index in [1.165, 1.54) is 38.2 Å². The highest BCUT2D eigenvalue weighted by molar-refractivity contribution is 5.11. The van der Waals surface area contributed by atoms with Gasteiger partial charge in [0.1, 0.15) is 0 Å². The second-order valence-corrected chi connectivity index (χ2v) is 4.19. The van der Waals surface area contributed by atoms with E-state index in [1.54, 1.807) is 0 Å². The minimum absolute atomic E-state index is 0.653. The molecular weight excluding hydrogens is 172 g/mol. The van der Waals surface area contributed by atoms with Crippen molar-refractivity contribution in [3.63, 3.8) is 0 Å². The van der Waals surface area contributed by atoms with E-state index in [2.05, 4.69) is 42.0 Å². The summed E-state index contributed by atoms with van der Waals surface area (Å²) in [5.74, 6) is 1.40. The van der Waals surface area contributed by atoms with E-state index in [4.69, 9.17) is 0 Å². The molecule has 0 spiro atoms. The lowest BCUT2D eigenvalue weighted by atomic mass is 10.0. The molecule has 0 aromatic heterocycles. The van der Waals surface area contributed by atoms with E-state index < -0.39 is 0 Å². The number of allylic oxidation sites excluding steroid dienone is 2. The topological polar surface area (TPSA) is 6.48 Å². The normalized spacial score (nSPS) is 30.4. The van der Waals surface area contributed by atoms with Crippen LogP contribution in [0.4, 0.5) is 0 Å². The Balaban J connectivity index is 2.10. The Kier molecular flexibility index (Phi) is 2.80. The fourth-order valence-electron chi connectivity index (χ4n) is 2.48. The molecule has 1 atom stereocenters. The van der Waals surface area contributed by atoms with Crippen LogP contribution in [0.25, 0.3) is 0 Å². The van der Waals surface area contributed by atoms with Crippen LogP contribution in [0, 0.1) is 0 Å². The monoisotopic (exact) mass is 192 g/mol. The summed E-state index contributed by atoms with van der Waals surface area (Å²) < 4.78 is 0. The first kappa shape index (κ1) is 9.63. The van der Waals surface area contributed by atoms with Crippen LogP contribution >= 0.6 is 0 Å². The van der Waals surface area contributed by atoms with Gasteiger partial charge >= 0.3 is 0 Å². The average molecular weight is 192 g/mol. The van der Waals surface area contributed by atoms with Crippen LogP contribution in [0.2, 0.25) is 0 Å². The van der Waals surface area contributed by atoms with Crippen LogP contribution in [0.15, 0.2) is 24.0 Å². The van der Waals surface area contributed by atoms with Gasteiger partial charge in [-0.2, -0.15) is 0 Å². The predicted molar refractivity (Wildman–Crippen MR) is 59.9 cm³/mol. The van der Waals surface area contributed by atoms with Gasteiger partial charge in [0.25, 0.3) is 0 Å². The van der Waals surface area contributed by atoms with E-state index >= 15 is 0 Å². The zero-order valence-electron chi connectivity index (χ0n) is 9.24. The Morgan fingerprint density at radius 1 is 1.43 bits per heavy atom. The molecule has 2 heteroatoms. The third kappa shape index (κ3) is 1.66. The largest absolute Gasteiger partial charge is 0.360 e. The summed E-state index contributed by atoms with van der Waals surface area (Å²) in [4.78, 5) is 4.89. The zero-order chi connectivity index (χ0) is 9.97. The first-order chi connectivity index (χ1) is 6.83. The molecule has 1 heterocycles. The summed E-state index contributed by atoms with van der Waals surface area (Å²) in [6.45, 7) is 4.49. The average Bonchev–Trinajstić information content (AvgIpc) is 2.61. The molecule has 2 rings (SSSR count). The maximum atomic E-state index is 2.54. The van der Waals surface area contributed by atoms with Gasteiger partial charge in [0.2, 0.25) is 0 Å². The molecule has 2 aliphatic rings. The fraction of sp³-hybridized carbons (Fsp3) is 0.667. The quantitative estimate of drug-likeness (QED) is 0.588. The van der Waals surface area contributed by atoms with Crippen molar-refractivity contribution in [2.24, 2.45) is 0 Å². The number of nitrogens with zero attached hydrogens (tertiary/aromatic N) is 2. The van der Waals surface area contributed by atoms with Crippen molar-refractivity contribution < 1.29 is 0 Å². The highest BCUT2D eigenvalue weighted by Gasteiger charge is 2.26. The van der Waals surface area contributed by atoms with Gasteiger partial charge in [-0.15, -0.1) is 0 Å². The van der Waals surface area contributed by atoms with Crippen molar-refractivity contribution >= 4 is 0 Å². The molecule has 0 bridgehead atoms. The van der Waals surface area contributed by atoms with Crippen molar-refractivity contribution in [3.05, 3.63) is 24.0 Å². The van der Waals surface area contributed by atoms with Crippen molar-refractivity contribution in [1.82, 2.24) is 9.80 Å². The number of rotatable bonds is 1.